The van der Waals surface area contributed by atoms with Crippen LogP contribution in [0.1, 0.15) is 89.7 Å². The third kappa shape index (κ3) is 11.4. The van der Waals surface area contributed by atoms with Crippen molar-refractivity contribution >= 4 is 17.5 Å². The van der Waals surface area contributed by atoms with Gasteiger partial charge in [-0.15, -0.1) is 0 Å². The molecule has 0 amide bonds. The number of rotatable bonds is 17. The minimum Gasteiger partial charge on any atom is -0.497 e. The van der Waals surface area contributed by atoms with Crippen LogP contribution >= 0.6 is 0 Å². The lowest BCUT2D eigenvalue weighted by Crippen LogP contribution is -2.29. The molecule has 0 unspecified atom stereocenters. The summed E-state index contributed by atoms with van der Waals surface area (Å²) in [6.07, 6.45) is 9.72. The molecule has 2 aromatic rings. The molecule has 0 N–H and O–H groups in total. The highest BCUT2D eigenvalue weighted by Crippen LogP contribution is 2.29. The average molecular weight is 534 g/mol. The molecule has 0 saturated heterocycles. The van der Waals surface area contributed by atoms with Crippen molar-refractivity contribution in [2.75, 3.05) is 20.3 Å². The van der Waals surface area contributed by atoms with Gasteiger partial charge >= 0.3 is 11.9 Å². The first-order valence-corrected chi connectivity index (χ1v) is 14.0. The molecule has 0 fully saturated rings. The van der Waals surface area contributed by atoms with Crippen molar-refractivity contribution in [3.63, 3.8) is 0 Å². The van der Waals surface area contributed by atoms with Crippen LogP contribution in [0.3, 0.4) is 0 Å². The fourth-order valence-electron chi connectivity index (χ4n) is 4.15. The number of hydrogen-bond acceptors (Lipinski definition) is 6. The van der Waals surface area contributed by atoms with E-state index < -0.39 is 11.4 Å². The molecule has 0 aliphatic heterocycles. The van der Waals surface area contributed by atoms with E-state index >= 15 is 0 Å². The van der Waals surface area contributed by atoms with Crippen LogP contribution in [0, 0.1) is 16.7 Å². The normalized spacial score (nSPS) is 11.8. The highest BCUT2D eigenvalue weighted by atomic mass is 16.5. The second-order valence-corrected chi connectivity index (χ2v) is 10.6. The van der Waals surface area contributed by atoms with Gasteiger partial charge in [0.15, 0.2) is 0 Å². The molecule has 210 valence electrons. The van der Waals surface area contributed by atoms with Gasteiger partial charge in [-0.05, 0) is 29.7 Å². The molecule has 0 bridgehead atoms. The molecule has 0 aliphatic rings. The number of carbonyl (C=O) groups excluding carboxylic acids is 2. The largest absolute Gasteiger partial charge is 0.497 e. The minimum absolute atomic E-state index is 0.00668. The van der Waals surface area contributed by atoms with Crippen molar-refractivity contribution in [2.24, 2.45) is 5.41 Å². The van der Waals surface area contributed by atoms with E-state index in [0.717, 1.165) is 24.8 Å². The maximum absolute atomic E-state index is 13.1. The Morgan fingerprint density at radius 2 is 1.36 bits per heavy atom. The number of nitrogens with zero attached hydrogens (tertiary/aromatic N) is 1. The number of unbranched alkanes of at least 4 members (excludes halogenated alkanes) is 7. The van der Waals surface area contributed by atoms with Crippen molar-refractivity contribution in [2.45, 2.75) is 78.6 Å². The van der Waals surface area contributed by atoms with Crippen molar-refractivity contribution in [3.05, 3.63) is 71.3 Å². The van der Waals surface area contributed by atoms with Crippen LogP contribution in [-0.4, -0.2) is 32.3 Å². The Labute approximate surface area is 234 Å². The molecule has 0 heterocycles. The highest BCUT2D eigenvalue weighted by Gasteiger charge is 2.26. The first kappa shape index (κ1) is 31.6. The number of ether oxygens (including phenoxy) is 3. The van der Waals surface area contributed by atoms with Gasteiger partial charge < -0.3 is 14.2 Å². The topological polar surface area (TPSA) is 85.6 Å². The van der Waals surface area contributed by atoms with E-state index in [1.165, 1.54) is 32.1 Å². The molecule has 0 radical (unpaired) electrons. The predicted molar refractivity (Wildman–Crippen MR) is 154 cm³/mol. The van der Waals surface area contributed by atoms with Gasteiger partial charge in [0.05, 0.1) is 13.7 Å². The number of hydrogen-bond donors (Lipinski definition) is 0. The van der Waals surface area contributed by atoms with E-state index in [0.29, 0.717) is 23.3 Å². The zero-order valence-electron chi connectivity index (χ0n) is 24.0. The summed E-state index contributed by atoms with van der Waals surface area (Å²) in [5, 5.41) is 9.97. The van der Waals surface area contributed by atoms with E-state index in [-0.39, 0.29) is 24.8 Å². The van der Waals surface area contributed by atoms with Crippen molar-refractivity contribution in [1.82, 2.24) is 0 Å². The van der Waals surface area contributed by atoms with Gasteiger partial charge in [0.2, 0.25) is 0 Å². The Balaban J connectivity index is 1.95. The second-order valence-electron chi connectivity index (χ2n) is 10.6. The van der Waals surface area contributed by atoms with Gasteiger partial charge in [-0.1, -0.05) is 108 Å². The Kier molecular flexibility index (Phi) is 13.9. The molecule has 39 heavy (non-hydrogen) atoms. The molecule has 0 spiro atoms. The summed E-state index contributed by atoms with van der Waals surface area (Å²) in [4.78, 5) is 25.3. The van der Waals surface area contributed by atoms with Gasteiger partial charge in [0.25, 0.3) is 0 Å². The maximum Gasteiger partial charge on any atom is 0.349 e. The van der Waals surface area contributed by atoms with E-state index in [1.54, 1.807) is 19.2 Å². The minimum atomic E-state index is -0.717. The van der Waals surface area contributed by atoms with Crippen LogP contribution < -0.4 is 4.74 Å². The van der Waals surface area contributed by atoms with E-state index in [2.05, 4.69) is 6.92 Å². The van der Waals surface area contributed by atoms with Crippen LogP contribution in [-0.2, 0) is 19.1 Å². The van der Waals surface area contributed by atoms with Crippen molar-refractivity contribution in [3.8, 4) is 11.8 Å². The van der Waals surface area contributed by atoms with Crippen LogP contribution in [0.15, 0.2) is 60.2 Å². The maximum atomic E-state index is 13.1. The van der Waals surface area contributed by atoms with Crippen LogP contribution in [0.2, 0.25) is 0 Å². The standard InChI is InChI=1S/C33H43NO5/c1-5-6-7-8-9-10-11-15-18-30(35)38-24-33(2,3)25-39-32(36)29(23-34)31(26-16-13-12-14-17-26)27-19-21-28(37-4)22-20-27/h12-14,16-17,19-22H,5-11,15,18,24-25H2,1-4H3/b31-29+. The summed E-state index contributed by atoms with van der Waals surface area (Å²) < 4.78 is 16.3. The quantitative estimate of drug-likeness (QED) is 0.0898. The third-order valence-electron chi connectivity index (χ3n) is 6.46. The molecular formula is C33H43NO5. The smallest absolute Gasteiger partial charge is 0.349 e. The summed E-state index contributed by atoms with van der Waals surface area (Å²) in [5.41, 5.74) is 1.22. The molecule has 2 aromatic carbocycles. The van der Waals surface area contributed by atoms with Gasteiger partial charge in [-0.3, -0.25) is 4.79 Å². The van der Waals surface area contributed by atoms with E-state index in [4.69, 9.17) is 14.2 Å². The van der Waals surface area contributed by atoms with E-state index in [9.17, 15) is 14.9 Å². The van der Waals surface area contributed by atoms with Gasteiger partial charge in [0, 0.05) is 17.4 Å². The Bertz CT molecular complexity index is 1100. The van der Waals surface area contributed by atoms with Crippen molar-refractivity contribution < 1.29 is 23.8 Å². The molecule has 0 aromatic heterocycles. The SMILES string of the molecule is CCCCCCCCCCC(=O)OCC(C)(C)COC(=O)/C(C#N)=C(\c1ccccc1)c1ccc(OC)cc1. The fourth-order valence-corrected chi connectivity index (χ4v) is 4.15. The van der Waals surface area contributed by atoms with Gasteiger partial charge in [-0.2, -0.15) is 5.26 Å². The molecule has 6 nitrogen and oxygen atoms in total. The second kappa shape index (κ2) is 17.1. The summed E-state index contributed by atoms with van der Waals surface area (Å²) in [7, 11) is 1.58. The lowest BCUT2D eigenvalue weighted by atomic mass is 9.93. The lowest BCUT2D eigenvalue weighted by Gasteiger charge is -2.24. The summed E-state index contributed by atoms with van der Waals surface area (Å²) in [6, 6.07) is 18.5. The van der Waals surface area contributed by atoms with Crippen molar-refractivity contribution in [1.29, 1.82) is 5.26 Å². The Morgan fingerprint density at radius 1 is 0.795 bits per heavy atom. The van der Waals surface area contributed by atoms with Crippen LogP contribution in [0.5, 0.6) is 5.75 Å². The summed E-state index contributed by atoms with van der Waals surface area (Å²) >= 11 is 0. The summed E-state index contributed by atoms with van der Waals surface area (Å²) in [6.45, 7) is 6.07. The fraction of sp³-hybridized carbons (Fsp3) is 0.485. The first-order valence-electron chi connectivity index (χ1n) is 14.0. The molecule has 6 heteroatoms. The van der Waals surface area contributed by atoms with Gasteiger partial charge in [0.1, 0.15) is 24.0 Å². The number of methoxy groups -OCH3 is 1. The zero-order valence-corrected chi connectivity index (χ0v) is 24.0. The predicted octanol–water partition coefficient (Wildman–Crippen LogP) is 7.66. The number of nitriles is 1. The molecule has 0 aliphatic carbocycles. The molecule has 0 atom stereocenters. The van der Waals surface area contributed by atoms with E-state index in [1.807, 2.05) is 62.4 Å². The summed E-state index contributed by atoms with van der Waals surface area (Å²) in [5.74, 6) is -0.277. The highest BCUT2D eigenvalue weighted by molar-refractivity contribution is 6.05. The third-order valence-corrected chi connectivity index (χ3v) is 6.46. The average Bonchev–Trinajstić information content (AvgIpc) is 2.95. The first-order chi connectivity index (χ1) is 18.8. The molecule has 2 rings (SSSR count). The molecule has 0 saturated carbocycles. The van der Waals surface area contributed by atoms with Crippen LogP contribution in [0.4, 0.5) is 0 Å². The number of esters is 2. The number of benzene rings is 2. The monoisotopic (exact) mass is 533 g/mol. The van der Waals surface area contributed by atoms with Crippen LogP contribution in [0.25, 0.3) is 5.57 Å². The lowest BCUT2D eigenvalue weighted by molar-refractivity contribution is -0.150. The molecular weight excluding hydrogens is 490 g/mol. The van der Waals surface area contributed by atoms with Gasteiger partial charge in [-0.25, -0.2) is 4.79 Å². The Hall–Kier alpha value is -3.59. The Morgan fingerprint density at radius 3 is 1.95 bits per heavy atom. The zero-order chi connectivity index (χ0) is 28.5. The number of carbonyl (C=O) groups is 2.